The van der Waals surface area contributed by atoms with Gasteiger partial charge in [0, 0.05) is 25.7 Å². The predicted molar refractivity (Wildman–Crippen MR) is 77.0 cm³/mol. The van der Waals surface area contributed by atoms with Gasteiger partial charge in [-0.15, -0.1) is 0 Å². The maximum absolute atomic E-state index is 13.7. The Morgan fingerprint density at radius 3 is 2.60 bits per heavy atom. The highest BCUT2D eigenvalue weighted by atomic mass is 19.1. The van der Waals surface area contributed by atoms with Crippen LogP contribution in [0.2, 0.25) is 0 Å². The van der Waals surface area contributed by atoms with E-state index in [1.807, 2.05) is 6.92 Å². The van der Waals surface area contributed by atoms with Gasteiger partial charge in [0.1, 0.15) is 0 Å². The van der Waals surface area contributed by atoms with E-state index in [1.54, 1.807) is 0 Å². The number of pyridine rings is 1. The van der Waals surface area contributed by atoms with Gasteiger partial charge in [0.25, 0.3) is 0 Å². The first kappa shape index (κ1) is 15.0. The second-order valence-corrected chi connectivity index (χ2v) is 5.37. The number of nitrogens with one attached hydrogen (secondary N) is 2. The van der Waals surface area contributed by atoms with Crippen molar-refractivity contribution in [1.29, 1.82) is 0 Å². The summed E-state index contributed by atoms with van der Waals surface area (Å²) in [5, 5.41) is 5.86. The first-order valence-corrected chi connectivity index (χ1v) is 7.12. The smallest absolute Gasteiger partial charge is 0.168 e. The average molecular weight is 284 g/mol. The summed E-state index contributed by atoms with van der Waals surface area (Å²) in [6.45, 7) is 5.31. The molecule has 0 aliphatic carbocycles. The van der Waals surface area contributed by atoms with Crippen LogP contribution in [0, 0.1) is 17.6 Å². The Kier molecular flexibility index (Phi) is 5.11. The van der Waals surface area contributed by atoms with Crippen LogP contribution in [0.3, 0.4) is 0 Å². The number of nitrogens with zero attached hydrogens (tertiary/aromatic N) is 2. The Labute approximate surface area is 118 Å². The first-order valence-electron chi connectivity index (χ1n) is 7.12. The molecule has 1 aliphatic heterocycles. The molecule has 1 saturated heterocycles. The second kappa shape index (κ2) is 6.83. The molecule has 1 fully saturated rings. The number of anilines is 2. The topological polar surface area (TPSA) is 40.2 Å². The molecule has 2 heterocycles. The number of halogens is 2. The van der Waals surface area contributed by atoms with E-state index in [9.17, 15) is 8.78 Å². The molecule has 112 valence electrons. The minimum absolute atomic E-state index is 0.110. The average Bonchev–Trinajstić information content (AvgIpc) is 2.82. The number of likely N-dealkylation sites (tertiary alicyclic amines) is 1. The van der Waals surface area contributed by atoms with Gasteiger partial charge in [0.2, 0.25) is 0 Å². The zero-order valence-corrected chi connectivity index (χ0v) is 12.0. The molecule has 0 radical (unpaired) electrons. The van der Waals surface area contributed by atoms with Crippen LogP contribution in [-0.4, -0.2) is 43.1 Å². The Morgan fingerprint density at radius 1 is 1.30 bits per heavy atom. The highest BCUT2D eigenvalue weighted by molar-refractivity contribution is 5.47. The molecular formula is C14H22F2N4. The zero-order valence-electron chi connectivity index (χ0n) is 12.0. The third-order valence-corrected chi connectivity index (χ3v) is 3.52. The lowest BCUT2D eigenvalue weighted by atomic mass is 10.1. The normalized spacial score (nSPS) is 19.3. The van der Waals surface area contributed by atoms with Crippen LogP contribution in [0.25, 0.3) is 0 Å². The number of hydrogen-bond donors (Lipinski definition) is 2. The van der Waals surface area contributed by atoms with Gasteiger partial charge in [0.05, 0.1) is 0 Å². The van der Waals surface area contributed by atoms with Crippen LogP contribution in [0.1, 0.15) is 19.8 Å². The summed E-state index contributed by atoms with van der Waals surface area (Å²) in [5.41, 5.74) is 0. The predicted octanol–water partition coefficient (Wildman–Crippen LogP) is 2.55. The van der Waals surface area contributed by atoms with Crippen LogP contribution >= 0.6 is 0 Å². The summed E-state index contributed by atoms with van der Waals surface area (Å²) in [6.07, 6.45) is 1.95. The molecule has 0 amide bonds. The van der Waals surface area contributed by atoms with Crippen molar-refractivity contribution in [3.05, 3.63) is 17.7 Å². The van der Waals surface area contributed by atoms with E-state index in [2.05, 4.69) is 27.6 Å². The maximum atomic E-state index is 13.7. The van der Waals surface area contributed by atoms with E-state index < -0.39 is 11.6 Å². The van der Waals surface area contributed by atoms with Gasteiger partial charge in [-0.3, -0.25) is 0 Å². The Morgan fingerprint density at radius 2 is 2.00 bits per heavy atom. The molecule has 1 aromatic rings. The Bertz CT molecular complexity index is 453. The molecule has 1 aromatic heterocycles. The molecule has 2 rings (SSSR count). The van der Waals surface area contributed by atoms with Crippen molar-refractivity contribution in [2.24, 2.45) is 5.92 Å². The van der Waals surface area contributed by atoms with Gasteiger partial charge < -0.3 is 15.5 Å². The van der Waals surface area contributed by atoms with Crippen LogP contribution in [0.5, 0.6) is 0 Å². The summed E-state index contributed by atoms with van der Waals surface area (Å²) in [7, 11) is 2.07. The molecule has 1 unspecified atom stereocenters. The van der Waals surface area contributed by atoms with Crippen molar-refractivity contribution in [3.8, 4) is 0 Å². The summed E-state index contributed by atoms with van der Waals surface area (Å²) in [6, 6.07) is 0.883. The van der Waals surface area contributed by atoms with Crippen LogP contribution in [0.15, 0.2) is 6.07 Å². The standard InChI is InChI=1S/C14H22F2N4/c1-3-5-17-13-11(15)7-12(16)14(19-13)18-8-10-4-6-20(2)9-10/h7,10H,3-6,8-9H2,1-2H3,(H2,17,18,19). The molecule has 1 aliphatic rings. The molecule has 0 spiro atoms. The lowest BCUT2D eigenvalue weighted by Gasteiger charge is -2.14. The monoisotopic (exact) mass is 284 g/mol. The summed E-state index contributed by atoms with van der Waals surface area (Å²) in [5.74, 6) is -0.574. The van der Waals surface area contributed by atoms with Crippen molar-refractivity contribution in [2.75, 3.05) is 43.9 Å². The van der Waals surface area contributed by atoms with E-state index >= 15 is 0 Å². The maximum Gasteiger partial charge on any atom is 0.168 e. The Balaban J connectivity index is 1.99. The molecule has 6 heteroatoms. The second-order valence-electron chi connectivity index (χ2n) is 5.37. The molecule has 0 bridgehead atoms. The SMILES string of the molecule is CCCNc1nc(NCC2CCN(C)C2)c(F)cc1F. The van der Waals surface area contributed by atoms with Gasteiger partial charge in [-0.2, -0.15) is 0 Å². The van der Waals surface area contributed by atoms with E-state index in [1.165, 1.54) is 0 Å². The van der Waals surface area contributed by atoms with E-state index in [4.69, 9.17) is 0 Å². The highest BCUT2D eigenvalue weighted by Crippen LogP contribution is 2.21. The molecule has 0 aromatic carbocycles. The minimum atomic E-state index is -0.651. The summed E-state index contributed by atoms with van der Waals surface area (Å²) >= 11 is 0. The Hall–Kier alpha value is -1.43. The lowest BCUT2D eigenvalue weighted by Crippen LogP contribution is -2.20. The fourth-order valence-electron chi connectivity index (χ4n) is 2.39. The molecule has 0 saturated carbocycles. The largest absolute Gasteiger partial charge is 0.368 e. The van der Waals surface area contributed by atoms with E-state index in [0.717, 1.165) is 32.0 Å². The number of aromatic nitrogens is 1. The summed E-state index contributed by atoms with van der Waals surface area (Å²) in [4.78, 5) is 6.25. The lowest BCUT2D eigenvalue weighted by molar-refractivity contribution is 0.399. The fourth-order valence-corrected chi connectivity index (χ4v) is 2.39. The van der Waals surface area contributed by atoms with Gasteiger partial charge in [-0.05, 0) is 32.4 Å². The third kappa shape index (κ3) is 3.79. The zero-order chi connectivity index (χ0) is 14.5. The van der Waals surface area contributed by atoms with E-state index in [0.29, 0.717) is 19.0 Å². The van der Waals surface area contributed by atoms with Gasteiger partial charge >= 0.3 is 0 Å². The third-order valence-electron chi connectivity index (χ3n) is 3.52. The van der Waals surface area contributed by atoms with Crippen molar-refractivity contribution < 1.29 is 8.78 Å². The quantitative estimate of drug-likeness (QED) is 0.842. The van der Waals surface area contributed by atoms with Crippen molar-refractivity contribution in [1.82, 2.24) is 9.88 Å². The van der Waals surface area contributed by atoms with Crippen LogP contribution < -0.4 is 10.6 Å². The molecule has 20 heavy (non-hydrogen) atoms. The van der Waals surface area contributed by atoms with Crippen LogP contribution in [0.4, 0.5) is 20.4 Å². The number of rotatable bonds is 6. The van der Waals surface area contributed by atoms with Crippen LogP contribution in [-0.2, 0) is 0 Å². The van der Waals surface area contributed by atoms with Crippen molar-refractivity contribution in [3.63, 3.8) is 0 Å². The molecule has 4 nitrogen and oxygen atoms in total. The number of hydrogen-bond acceptors (Lipinski definition) is 4. The molecule has 1 atom stereocenters. The summed E-state index contributed by atoms with van der Waals surface area (Å²) < 4.78 is 27.2. The highest BCUT2D eigenvalue weighted by Gasteiger charge is 2.20. The first-order chi connectivity index (χ1) is 9.60. The van der Waals surface area contributed by atoms with Gasteiger partial charge in [-0.1, -0.05) is 6.92 Å². The van der Waals surface area contributed by atoms with E-state index in [-0.39, 0.29) is 11.6 Å². The van der Waals surface area contributed by atoms with Crippen molar-refractivity contribution >= 4 is 11.6 Å². The molecule has 2 N–H and O–H groups in total. The minimum Gasteiger partial charge on any atom is -0.368 e. The molecular weight excluding hydrogens is 262 g/mol. The van der Waals surface area contributed by atoms with Gasteiger partial charge in [0.15, 0.2) is 23.3 Å². The fraction of sp³-hybridized carbons (Fsp3) is 0.643. The van der Waals surface area contributed by atoms with Crippen molar-refractivity contribution in [2.45, 2.75) is 19.8 Å². The van der Waals surface area contributed by atoms with Gasteiger partial charge in [-0.25, -0.2) is 13.8 Å².